The summed E-state index contributed by atoms with van der Waals surface area (Å²) in [4.78, 5) is 3.85. The average Bonchev–Trinajstić information content (AvgIpc) is 2.73. The lowest BCUT2D eigenvalue weighted by molar-refractivity contribution is -0.607. The van der Waals surface area contributed by atoms with E-state index < -0.39 is 0 Å². The summed E-state index contributed by atoms with van der Waals surface area (Å²) in [6.45, 7) is 0. The molecule has 2 aromatic heterocycles. The van der Waals surface area contributed by atoms with E-state index in [0.717, 1.165) is 11.9 Å². The molecule has 3 rings (SSSR count). The van der Waals surface area contributed by atoms with Crippen LogP contribution in [0.1, 0.15) is 0 Å². The van der Waals surface area contributed by atoms with Crippen LogP contribution in [0.5, 0.6) is 0 Å². The molecule has 1 aromatic carbocycles. The van der Waals surface area contributed by atoms with E-state index in [2.05, 4.69) is 10.1 Å². The quantitative estimate of drug-likeness (QED) is 0.454. The molecule has 16 heavy (non-hydrogen) atoms. The van der Waals surface area contributed by atoms with Gasteiger partial charge < -0.3 is 9.73 Å². The fraction of sp³-hybridized carbons (Fsp3) is 0. The van der Waals surface area contributed by atoms with E-state index in [-0.39, 0.29) is 0 Å². The van der Waals surface area contributed by atoms with Crippen molar-refractivity contribution in [3.05, 3.63) is 48.1 Å². The van der Waals surface area contributed by atoms with Crippen LogP contribution >= 0.6 is 0 Å². The Hall–Kier alpha value is -2.43. The molecular weight excluding hydrogens is 206 g/mol. The van der Waals surface area contributed by atoms with Gasteiger partial charge in [-0.1, -0.05) is 35.5 Å². The Morgan fingerprint density at radius 2 is 2.00 bits per heavy atom. The molecule has 0 unspecified atom stereocenters. The number of fused-ring (bicyclic) bond motifs is 1. The van der Waals surface area contributed by atoms with Crippen molar-refractivity contribution in [3.8, 4) is 11.3 Å². The molecule has 0 aliphatic heterocycles. The Labute approximate surface area is 90.5 Å². The van der Waals surface area contributed by atoms with Crippen molar-refractivity contribution in [1.82, 2.24) is 10.1 Å². The molecule has 0 N–H and O–H groups in total. The van der Waals surface area contributed by atoms with Gasteiger partial charge >= 0.3 is 5.71 Å². The Bertz CT molecular complexity index is 634. The van der Waals surface area contributed by atoms with Gasteiger partial charge in [0.1, 0.15) is 17.3 Å². The zero-order valence-corrected chi connectivity index (χ0v) is 8.20. The van der Waals surface area contributed by atoms with Gasteiger partial charge in [0.05, 0.1) is 0 Å². The first-order valence-electron chi connectivity index (χ1n) is 4.74. The van der Waals surface area contributed by atoms with Crippen LogP contribution in [0.15, 0.2) is 47.4 Å². The van der Waals surface area contributed by atoms with E-state index in [1.807, 2.05) is 30.3 Å². The highest BCUT2D eigenvalue weighted by Crippen LogP contribution is 2.24. The summed E-state index contributed by atoms with van der Waals surface area (Å²) in [5.74, 6) is 0. The number of hydrogen-bond donors (Lipinski definition) is 0. The smallest absolute Gasteiger partial charge is 0.368 e. The second-order valence-corrected chi connectivity index (χ2v) is 3.35. The fourth-order valence-corrected chi connectivity index (χ4v) is 1.57. The predicted octanol–water partition coefficient (Wildman–Crippen LogP) is 1.52. The molecule has 3 aromatic rings. The van der Waals surface area contributed by atoms with Crippen LogP contribution in [0.25, 0.3) is 22.4 Å². The lowest BCUT2D eigenvalue weighted by atomic mass is 10.1. The molecule has 0 aliphatic carbocycles. The molecule has 0 atom stereocenters. The van der Waals surface area contributed by atoms with E-state index in [9.17, 15) is 5.21 Å². The van der Waals surface area contributed by atoms with Crippen molar-refractivity contribution >= 4 is 11.1 Å². The number of rotatable bonds is 1. The van der Waals surface area contributed by atoms with E-state index in [4.69, 9.17) is 4.52 Å². The first-order chi connectivity index (χ1) is 7.84. The molecule has 0 aliphatic rings. The number of benzene rings is 1. The molecular formula is C11H7N3O2. The maximum absolute atomic E-state index is 11.1. The Balaban J connectivity index is 2.29. The summed E-state index contributed by atoms with van der Waals surface area (Å²) in [5, 5.41) is 15.7. The van der Waals surface area contributed by atoms with Crippen molar-refractivity contribution in [3.63, 3.8) is 0 Å². The van der Waals surface area contributed by atoms with Gasteiger partial charge in [-0.2, -0.15) is 0 Å². The highest BCUT2D eigenvalue weighted by atomic mass is 16.5. The van der Waals surface area contributed by atoms with Gasteiger partial charge in [-0.05, 0) is 4.98 Å². The van der Waals surface area contributed by atoms with Gasteiger partial charge in [0.15, 0.2) is 0 Å². The molecule has 0 radical (unpaired) electrons. The van der Waals surface area contributed by atoms with E-state index in [1.54, 1.807) is 0 Å². The SMILES string of the molecule is [O-][n+]1cnc2onc(-c3ccccc3)c2c1. The Kier molecular flexibility index (Phi) is 1.83. The first kappa shape index (κ1) is 8.84. The highest BCUT2D eigenvalue weighted by Gasteiger charge is 2.15. The normalized spacial score (nSPS) is 10.8. The van der Waals surface area contributed by atoms with Crippen molar-refractivity contribution in [2.75, 3.05) is 0 Å². The number of hydrogen-bond acceptors (Lipinski definition) is 4. The van der Waals surface area contributed by atoms with Crippen LogP contribution in [0.3, 0.4) is 0 Å². The van der Waals surface area contributed by atoms with Gasteiger partial charge in [0.25, 0.3) is 6.33 Å². The lowest BCUT2D eigenvalue weighted by Crippen LogP contribution is -2.24. The minimum atomic E-state index is 0.367. The largest absolute Gasteiger partial charge is 0.711 e. The third-order valence-corrected chi connectivity index (χ3v) is 2.30. The van der Waals surface area contributed by atoms with E-state index >= 15 is 0 Å². The molecule has 0 bridgehead atoms. The minimum Gasteiger partial charge on any atom is -0.711 e. The average molecular weight is 213 g/mol. The summed E-state index contributed by atoms with van der Waals surface area (Å²) < 4.78 is 5.68. The predicted molar refractivity (Wildman–Crippen MR) is 56.2 cm³/mol. The van der Waals surface area contributed by atoms with Crippen LogP contribution < -0.4 is 4.73 Å². The molecule has 0 spiro atoms. The zero-order chi connectivity index (χ0) is 11.0. The van der Waals surface area contributed by atoms with Crippen LogP contribution in [0.4, 0.5) is 0 Å². The van der Waals surface area contributed by atoms with Crippen LogP contribution in [0.2, 0.25) is 0 Å². The molecule has 2 heterocycles. The Morgan fingerprint density at radius 1 is 1.19 bits per heavy atom. The third-order valence-electron chi connectivity index (χ3n) is 2.30. The summed E-state index contributed by atoms with van der Waals surface area (Å²) in [6.07, 6.45) is 2.55. The van der Waals surface area contributed by atoms with Gasteiger partial charge in [-0.25, -0.2) is 4.73 Å². The summed E-state index contributed by atoms with van der Waals surface area (Å²) in [6, 6.07) is 9.52. The molecule has 0 saturated carbocycles. The second kappa shape index (κ2) is 3.30. The van der Waals surface area contributed by atoms with Gasteiger partial charge in [0, 0.05) is 5.56 Å². The van der Waals surface area contributed by atoms with E-state index in [0.29, 0.717) is 21.5 Å². The first-order valence-corrected chi connectivity index (χ1v) is 4.74. The number of aromatic nitrogens is 3. The Morgan fingerprint density at radius 3 is 2.81 bits per heavy atom. The van der Waals surface area contributed by atoms with Gasteiger partial charge in [0.2, 0.25) is 0 Å². The zero-order valence-electron chi connectivity index (χ0n) is 8.20. The molecule has 0 fully saturated rings. The topological polar surface area (TPSA) is 65.9 Å². The minimum absolute atomic E-state index is 0.367. The maximum Gasteiger partial charge on any atom is 0.368 e. The van der Waals surface area contributed by atoms with E-state index in [1.165, 1.54) is 6.20 Å². The van der Waals surface area contributed by atoms with Crippen molar-refractivity contribution in [1.29, 1.82) is 0 Å². The summed E-state index contributed by atoms with van der Waals surface area (Å²) in [5.41, 5.74) is 1.90. The van der Waals surface area contributed by atoms with Gasteiger partial charge in [-0.15, -0.1) is 0 Å². The third kappa shape index (κ3) is 1.30. The fourth-order valence-electron chi connectivity index (χ4n) is 1.57. The van der Waals surface area contributed by atoms with Crippen molar-refractivity contribution in [2.45, 2.75) is 0 Å². The molecule has 78 valence electrons. The summed E-state index contributed by atoms with van der Waals surface area (Å²) >= 11 is 0. The van der Waals surface area contributed by atoms with Crippen LogP contribution in [-0.2, 0) is 0 Å². The molecule has 5 nitrogen and oxygen atoms in total. The van der Waals surface area contributed by atoms with Gasteiger partial charge in [-0.3, -0.25) is 0 Å². The molecule has 0 amide bonds. The highest BCUT2D eigenvalue weighted by molar-refractivity contribution is 5.88. The molecule has 0 saturated heterocycles. The maximum atomic E-state index is 11.1. The standard InChI is InChI=1S/C11H7N3O2/c15-14-6-9-10(8-4-2-1-3-5-8)13-16-11(9)12-7-14/h1-7H. The van der Waals surface area contributed by atoms with Crippen molar-refractivity contribution in [2.24, 2.45) is 0 Å². The monoisotopic (exact) mass is 213 g/mol. The molecule has 5 heteroatoms. The van der Waals surface area contributed by atoms with Crippen LogP contribution in [0, 0.1) is 5.21 Å². The summed E-state index contributed by atoms with van der Waals surface area (Å²) in [7, 11) is 0. The second-order valence-electron chi connectivity index (χ2n) is 3.35. The lowest BCUT2D eigenvalue weighted by Gasteiger charge is -1.97. The van der Waals surface area contributed by atoms with Crippen LogP contribution in [-0.4, -0.2) is 10.1 Å². The van der Waals surface area contributed by atoms with Crippen molar-refractivity contribution < 1.29 is 9.25 Å². The number of nitrogens with zero attached hydrogens (tertiary/aromatic N) is 3.